The van der Waals surface area contributed by atoms with Crippen LogP contribution in [0.1, 0.15) is 19.8 Å². The Balaban J connectivity index is 1.98. The van der Waals surface area contributed by atoms with Gasteiger partial charge in [0.25, 0.3) is 5.56 Å². The summed E-state index contributed by atoms with van der Waals surface area (Å²) >= 11 is 0. The summed E-state index contributed by atoms with van der Waals surface area (Å²) in [7, 11) is 0. The number of anilines is 1. The molecule has 6 heteroatoms. The number of nitrogen functional groups attached to an aromatic ring is 1. The van der Waals surface area contributed by atoms with Gasteiger partial charge in [0.2, 0.25) is 0 Å². The van der Waals surface area contributed by atoms with Crippen molar-refractivity contribution in [1.82, 2.24) is 13.7 Å². The van der Waals surface area contributed by atoms with Gasteiger partial charge < -0.3 is 10.3 Å². The van der Waals surface area contributed by atoms with Crippen molar-refractivity contribution in [3.63, 3.8) is 0 Å². The molecule has 0 amide bonds. The van der Waals surface area contributed by atoms with Gasteiger partial charge in [-0.1, -0.05) is 6.92 Å². The highest BCUT2D eigenvalue weighted by Crippen LogP contribution is 1.98. The number of hydrogen-bond acceptors (Lipinski definition) is 3. The molecular formula is C14H20N4O2. The van der Waals surface area contributed by atoms with Crippen LogP contribution in [-0.2, 0) is 19.6 Å². The molecule has 0 saturated carbocycles. The van der Waals surface area contributed by atoms with Gasteiger partial charge in [-0.15, -0.1) is 0 Å². The van der Waals surface area contributed by atoms with E-state index in [0.29, 0.717) is 25.2 Å². The van der Waals surface area contributed by atoms with Crippen molar-refractivity contribution in [1.29, 1.82) is 0 Å². The third kappa shape index (κ3) is 3.20. The molecule has 108 valence electrons. The van der Waals surface area contributed by atoms with E-state index >= 15 is 0 Å². The molecular weight excluding hydrogens is 256 g/mol. The molecule has 20 heavy (non-hydrogen) atoms. The fraction of sp³-hybridized carbons (Fsp3) is 0.429. The molecule has 2 aromatic rings. The van der Waals surface area contributed by atoms with E-state index in [0.717, 1.165) is 13.0 Å². The Morgan fingerprint density at radius 3 is 2.35 bits per heavy atom. The molecule has 0 radical (unpaired) electrons. The molecule has 0 fully saturated rings. The molecule has 0 atom stereocenters. The molecule has 0 saturated heterocycles. The number of rotatable bonds is 6. The Morgan fingerprint density at radius 2 is 1.65 bits per heavy atom. The lowest BCUT2D eigenvalue weighted by Crippen LogP contribution is -2.25. The Hall–Kier alpha value is -2.24. The van der Waals surface area contributed by atoms with Crippen LogP contribution in [-0.4, -0.2) is 13.7 Å². The van der Waals surface area contributed by atoms with E-state index < -0.39 is 0 Å². The SMILES string of the molecule is CCCn1ccn(CCCn2cc(N)ccc2=O)c1=O. The number of aryl methyl sites for hydroxylation is 3. The summed E-state index contributed by atoms with van der Waals surface area (Å²) in [5.74, 6) is 0. The molecule has 0 spiro atoms. The van der Waals surface area contributed by atoms with Gasteiger partial charge in [-0.3, -0.25) is 13.9 Å². The van der Waals surface area contributed by atoms with Crippen LogP contribution in [0.2, 0.25) is 0 Å². The number of hydrogen-bond donors (Lipinski definition) is 1. The Bertz CT molecular complexity index is 681. The molecule has 2 heterocycles. The van der Waals surface area contributed by atoms with Gasteiger partial charge in [0, 0.05) is 50.0 Å². The first-order chi connectivity index (χ1) is 9.61. The third-order valence-electron chi connectivity index (χ3n) is 3.19. The predicted octanol–water partition coefficient (Wildman–Crippen LogP) is 0.894. The van der Waals surface area contributed by atoms with Crippen molar-refractivity contribution in [2.45, 2.75) is 39.4 Å². The summed E-state index contributed by atoms with van der Waals surface area (Å²) in [6.07, 6.45) is 6.87. The minimum atomic E-state index is -0.0740. The quantitative estimate of drug-likeness (QED) is 0.851. The monoisotopic (exact) mass is 276 g/mol. The van der Waals surface area contributed by atoms with Gasteiger partial charge in [0.15, 0.2) is 0 Å². The van der Waals surface area contributed by atoms with E-state index in [1.807, 2.05) is 6.92 Å². The van der Waals surface area contributed by atoms with Crippen LogP contribution in [0.4, 0.5) is 5.69 Å². The van der Waals surface area contributed by atoms with Gasteiger partial charge in [0.1, 0.15) is 0 Å². The van der Waals surface area contributed by atoms with Crippen LogP contribution < -0.4 is 17.0 Å². The molecule has 0 unspecified atom stereocenters. The van der Waals surface area contributed by atoms with Crippen LogP contribution in [0.25, 0.3) is 0 Å². The second kappa shape index (κ2) is 6.27. The minimum Gasteiger partial charge on any atom is -0.398 e. The Kier molecular flexibility index (Phi) is 4.45. The molecule has 6 nitrogen and oxygen atoms in total. The zero-order valence-electron chi connectivity index (χ0n) is 11.7. The van der Waals surface area contributed by atoms with E-state index in [1.54, 1.807) is 38.4 Å². The lowest BCUT2D eigenvalue weighted by Gasteiger charge is -2.06. The summed E-state index contributed by atoms with van der Waals surface area (Å²) in [4.78, 5) is 23.6. The van der Waals surface area contributed by atoms with Crippen LogP contribution in [0.5, 0.6) is 0 Å². The Labute approximate surface area is 117 Å². The molecule has 0 aromatic carbocycles. The summed E-state index contributed by atoms with van der Waals surface area (Å²) in [5.41, 5.74) is 6.15. The maximum Gasteiger partial charge on any atom is 0.328 e. The fourth-order valence-electron chi connectivity index (χ4n) is 2.17. The highest BCUT2D eigenvalue weighted by molar-refractivity contribution is 5.33. The van der Waals surface area contributed by atoms with Crippen LogP contribution in [0.15, 0.2) is 40.3 Å². The first-order valence-electron chi connectivity index (χ1n) is 6.83. The van der Waals surface area contributed by atoms with E-state index in [1.165, 1.54) is 6.07 Å². The van der Waals surface area contributed by atoms with E-state index in [-0.39, 0.29) is 11.2 Å². The maximum atomic E-state index is 12.0. The number of aromatic nitrogens is 3. The number of nitrogens with two attached hydrogens (primary N) is 1. The molecule has 0 aliphatic rings. The van der Waals surface area contributed by atoms with Gasteiger partial charge in [0.05, 0.1) is 0 Å². The first kappa shape index (κ1) is 14.2. The van der Waals surface area contributed by atoms with E-state index in [2.05, 4.69) is 0 Å². The molecule has 0 aliphatic heterocycles. The largest absolute Gasteiger partial charge is 0.398 e. The zero-order chi connectivity index (χ0) is 14.5. The van der Waals surface area contributed by atoms with Crippen molar-refractivity contribution < 1.29 is 0 Å². The summed E-state index contributed by atoms with van der Waals surface area (Å²) in [6, 6.07) is 3.05. The average Bonchev–Trinajstić information content (AvgIpc) is 2.76. The molecule has 2 aromatic heterocycles. The summed E-state index contributed by atoms with van der Waals surface area (Å²) < 4.78 is 4.95. The third-order valence-corrected chi connectivity index (χ3v) is 3.19. The first-order valence-corrected chi connectivity index (χ1v) is 6.83. The second-order valence-electron chi connectivity index (χ2n) is 4.82. The maximum absolute atomic E-state index is 12.0. The minimum absolute atomic E-state index is 0.00627. The Morgan fingerprint density at radius 1 is 1.00 bits per heavy atom. The van der Waals surface area contributed by atoms with Crippen molar-refractivity contribution >= 4 is 5.69 Å². The molecule has 2 N–H and O–H groups in total. The van der Waals surface area contributed by atoms with Crippen LogP contribution in [0.3, 0.4) is 0 Å². The number of nitrogens with zero attached hydrogens (tertiary/aromatic N) is 3. The van der Waals surface area contributed by atoms with Crippen molar-refractivity contribution in [2.75, 3.05) is 5.73 Å². The van der Waals surface area contributed by atoms with Gasteiger partial charge in [-0.05, 0) is 18.9 Å². The highest BCUT2D eigenvalue weighted by Gasteiger charge is 2.02. The summed E-state index contributed by atoms with van der Waals surface area (Å²) in [6.45, 7) is 3.92. The predicted molar refractivity (Wildman–Crippen MR) is 78.7 cm³/mol. The van der Waals surface area contributed by atoms with Gasteiger partial charge >= 0.3 is 5.69 Å². The van der Waals surface area contributed by atoms with E-state index in [9.17, 15) is 9.59 Å². The number of pyridine rings is 1. The number of imidazole rings is 1. The molecule has 0 aliphatic carbocycles. The van der Waals surface area contributed by atoms with Gasteiger partial charge in [-0.2, -0.15) is 0 Å². The smallest absolute Gasteiger partial charge is 0.328 e. The average molecular weight is 276 g/mol. The van der Waals surface area contributed by atoms with Gasteiger partial charge in [-0.25, -0.2) is 4.79 Å². The van der Waals surface area contributed by atoms with Crippen LogP contribution >= 0.6 is 0 Å². The molecule has 2 rings (SSSR count). The highest BCUT2D eigenvalue weighted by atomic mass is 16.1. The zero-order valence-corrected chi connectivity index (χ0v) is 11.7. The topological polar surface area (TPSA) is 75.0 Å². The molecule has 0 bridgehead atoms. The normalized spacial score (nSPS) is 10.8. The standard InChI is InChI=1S/C14H20N4O2/c1-2-6-16-9-10-17(14(16)20)7-3-8-18-11-12(15)4-5-13(18)19/h4-5,9-11H,2-3,6-8,15H2,1H3. The van der Waals surface area contributed by atoms with Crippen molar-refractivity contribution in [3.05, 3.63) is 51.6 Å². The van der Waals surface area contributed by atoms with Crippen LogP contribution in [0, 0.1) is 0 Å². The van der Waals surface area contributed by atoms with Crippen molar-refractivity contribution in [2.24, 2.45) is 0 Å². The summed E-state index contributed by atoms with van der Waals surface area (Å²) in [5, 5.41) is 0. The lowest BCUT2D eigenvalue weighted by atomic mass is 10.3. The van der Waals surface area contributed by atoms with Crippen molar-refractivity contribution in [3.8, 4) is 0 Å². The van der Waals surface area contributed by atoms with E-state index in [4.69, 9.17) is 5.73 Å². The fourth-order valence-corrected chi connectivity index (χ4v) is 2.17. The second-order valence-corrected chi connectivity index (χ2v) is 4.82. The lowest BCUT2D eigenvalue weighted by molar-refractivity contribution is 0.531.